The van der Waals surface area contributed by atoms with E-state index in [1.54, 1.807) is 7.05 Å². The van der Waals surface area contributed by atoms with Crippen LogP contribution in [0.3, 0.4) is 0 Å². The zero-order valence-corrected chi connectivity index (χ0v) is 9.43. The predicted molar refractivity (Wildman–Crippen MR) is 57.9 cm³/mol. The van der Waals surface area contributed by atoms with Gasteiger partial charge in [-0.05, 0) is 19.3 Å². The molecule has 1 amide bonds. The number of piperidine rings is 1. The van der Waals surface area contributed by atoms with E-state index in [1.165, 1.54) is 22.0 Å². The van der Waals surface area contributed by atoms with Gasteiger partial charge in [0.1, 0.15) is 12.9 Å². The molecule has 2 heterocycles. The molecule has 0 aromatic carbocycles. The zero-order chi connectivity index (χ0) is 11.5. The van der Waals surface area contributed by atoms with Crippen LogP contribution in [0.4, 0.5) is 0 Å². The van der Waals surface area contributed by atoms with Crippen LogP contribution in [0.5, 0.6) is 0 Å². The molecule has 6 nitrogen and oxygen atoms in total. The minimum Gasteiger partial charge on any atom is -0.341 e. The summed E-state index contributed by atoms with van der Waals surface area (Å²) in [5.41, 5.74) is -0.245. The minimum atomic E-state index is -0.245. The van der Waals surface area contributed by atoms with Crippen LogP contribution in [0.25, 0.3) is 0 Å². The Balaban J connectivity index is 2.01. The Kier molecular flexibility index (Phi) is 3.07. The Labute approximate surface area is 93.5 Å². The van der Waals surface area contributed by atoms with Crippen molar-refractivity contribution in [3.63, 3.8) is 0 Å². The first-order valence-corrected chi connectivity index (χ1v) is 5.54. The van der Waals surface area contributed by atoms with Gasteiger partial charge in [-0.15, -0.1) is 0 Å². The molecule has 1 aliphatic heterocycles. The molecule has 1 aromatic heterocycles. The van der Waals surface area contributed by atoms with Gasteiger partial charge < -0.3 is 4.90 Å². The van der Waals surface area contributed by atoms with Gasteiger partial charge in [0.05, 0.1) is 0 Å². The number of rotatable bonds is 2. The van der Waals surface area contributed by atoms with Crippen LogP contribution >= 0.6 is 0 Å². The maximum Gasteiger partial charge on any atom is 0.345 e. The van der Waals surface area contributed by atoms with Crippen LogP contribution in [-0.4, -0.2) is 38.2 Å². The number of amides is 1. The lowest BCUT2D eigenvalue weighted by atomic mass is 10.1. The van der Waals surface area contributed by atoms with E-state index in [4.69, 9.17) is 0 Å². The first-order chi connectivity index (χ1) is 7.68. The van der Waals surface area contributed by atoms with Crippen molar-refractivity contribution in [1.82, 2.24) is 19.2 Å². The first-order valence-electron chi connectivity index (χ1n) is 5.54. The Hall–Kier alpha value is -1.59. The number of nitrogens with zero attached hydrogens (tertiary/aromatic N) is 4. The predicted octanol–water partition coefficient (Wildman–Crippen LogP) is -0.406. The molecule has 0 N–H and O–H groups in total. The number of aryl methyl sites for hydroxylation is 1. The van der Waals surface area contributed by atoms with Crippen molar-refractivity contribution in [2.24, 2.45) is 7.05 Å². The molecule has 0 spiro atoms. The molecule has 2 rings (SSSR count). The average molecular weight is 224 g/mol. The molecule has 0 atom stereocenters. The molecule has 0 unspecified atom stereocenters. The molecule has 0 aliphatic carbocycles. The van der Waals surface area contributed by atoms with Crippen molar-refractivity contribution in [3.05, 3.63) is 16.8 Å². The third-order valence-electron chi connectivity index (χ3n) is 2.90. The third-order valence-corrected chi connectivity index (χ3v) is 2.90. The van der Waals surface area contributed by atoms with Gasteiger partial charge in [-0.1, -0.05) is 0 Å². The SMILES string of the molecule is Cn1ncn(CC(=O)N2CCCCC2)c1=O. The van der Waals surface area contributed by atoms with Gasteiger partial charge in [-0.3, -0.25) is 9.36 Å². The fourth-order valence-corrected chi connectivity index (χ4v) is 1.92. The van der Waals surface area contributed by atoms with Crippen molar-refractivity contribution in [3.8, 4) is 0 Å². The molecule has 1 aliphatic rings. The molecular weight excluding hydrogens is 208 g/mol. The second kappa shape index (κ2) is 4.51. The van der Waals surface area contributed by atoms with Gasteiger partial charge in [0.15, 0.2) is 0 Å². The van der Waals surface area contributed by atoms with Gasteiger partial charge in [0, 0.05) is 20.1 Å². The first kappa shape index (κ1) is 10.9. The Morgan fingerprint density at radius 2 is 2.06 bits per heavy atom. The normalized spacial score (nSPS) is 16.4. The monoisotopic (exact) mass is 224 g/mol. The number of aromatic nitrogens is 3. The molecule has 16 heavy (non-hydrogen) atoms. The summed E-state index contributed by atoms with van der Waals surface area (Å²) in [4.78, 5) is 25.2. The van der Waals surface area contributed by atoms with E-state index in [2.05, 4.69) is 5.10 Å². The highest BCUT2D eigenvalue weighted by molar-refractivity contribution is 5.76. The number of likely N-dealkylation sites (tertiary alicyclic amines) is 1. The highest BCUT2D eigenvalue weighted by Crippen LogP contribution is 2.08. The molecule has 88 valence electrons. The molecule has 1 saturated heterocycles. The summed E-state index contributed by atoms with van der Waals surface area (Å²) in [6.45, 7) is 1.73. The van der Waals surface area contributed by atoms with E-state index in [1.807, 2.05) is 4.90 Å². The van der Waals surface area contributed by atoms with Crippen molar-refractivity contribution >= 4 is 5.91 Å². The van der Waals surface area contributed by atoms with Gasteiger partial charge in [0.25, 0.3) is 0 Å². The number of carbonyl (C=O) groups is 1. The molecule has 1 fully saturated rings. The lowest BCUT2D eigenvalue weighted by molar-refractivity contribution is -0.132. The summed E-state index contributed by atoms with van der Waals surface area (Å²) >= 11 is 0. The van der Waals surface area contributed by atoms with E-state index in [0.717, 1.165) is 25.9 Å². The van der Waals surface area contributed by atoms with Crippen molar-refractivity contribution in [2.45, 2.75) is 25.8 Å². The third kappa shape index (κ3) is 2.15. The van der Waals surface area contributed by atoms with Crippen molar-refractivity contribution < 1.29 is 4.79 Å². The zero-order valence-electron chi connectivity index (χ0n) is 9.43. The van der Waals surface area contributed by atoms with Crippen LogP contribution in [-0.2, 0) is 18.4 Å². The maximum atomic E-state index is 11.9. The summed E-state index contributed by atoms with van der Waals surface area (Å²) in [6, 6.07) is 0. The minimum absolute atomic E-state index is 0.00907. The number of hydrogen-bond acceptors (Lipinski definition) is 3. The maximum absolute atomic E-state index is 11.9. The van der Waals surface area contributed by atoms with E-state index in [9.17, 15) is 9.59 Å². The Morgan fingerprint density at radius 1 is 1.38 bits per heavy atom. The van der Waals surface area contributed by atoms with Gasteiger partial charge in [-0.25, -0.2) is 9.48 Å². The molecule has 0 bridgehead atoms. The smallest absolute Gasteiger partial charge is 0.341 e. The van der Waals surface area contributed by atoms with Gasteiger partial charge in [0.2, 0.25) is 5.91 Å². The van der Waals surface area contributed by atoms with E-state index >= 15 is 0 Å². The lowest BCUT2D eigenvalue weighted by Gasteiger charge is -2.26. The highest BCUT2D eigenvalue weighted by Gasteiger charge is 2.17. The Morgan fingerprint density at radius 3 is 2.62 bits per heavy atom. The Bertz CT molecular complexity index is 428. The molecule has 0 saturated carbocycles. The second-order valence-electron chi connectivity index (χ2n) is 4.11. The summed E-state index contributed by atoms with van der Waals surface area (Å²) in [5, 5.41) is 3.81. The van der Waals surface area contributed by atoms with Gasteiger partial charge in [-0.2, -0.15) is 5.10 Å². The summed E-state index contributed by atoms with van der Waals surface area (Å²) in [6.07, 6.45) is 4.72. The molecule has 1 aromatic rings. The summed E-state index contributed by atoms with van der Waals surface area (Å²) < 4.78 is 2.57. The largest absolute Gasteiger partial charge is 0.345 e. The molecular formula is C10H16N4O2. The van der Waals surface area contributed by atoms with E-state index in [0.29, 0.717) is 0 Å². The second-order valence-corrected chi connectivity index (χ2v) is 4.11. The van der Waals surface area contributed by atoms with Crippen LogP contribution < -0.4 is 5.69 Å². The molecule has 6 heteroatoms. The fraction of sp³-hybridized carbons (Fsp3) is 0.700. The highest BCUT2D eigenvalue weighted by atomic mass is 16.2. The quantitative estimate of drug-likeness (QED) is 0.686. The van der Waals surface area contributed by atoms with Gasteiger partial charge >= 0.3 is 5.69 Å². The van der Waals surface area contributed by atoms with E-state index < -0.39 is 0 Å². The van der Waals surface area contributed by atoms with Crippen LogP contribution in [0.15, 0.2) is 11.1 Å². The van der Waals surface area contributed by atoms with Crippen LogP contribution in [0, 0.1) is 0 Å². The molecule has 0 radical (unpaired) electrons. The topological polar surface area (TPSA) is 60.1 Å². The standard InChI is InChI=1S/C10H16N4O2/c1-12-10(16)14(8-11-12)7-9(15)13-5-3-2-4-6-13/h8H,2-7H2,1H3. The van der Waals surface area contributed by atoms with Crippen molar-refractivity contribution in [1.29, 1.82) is 0 Å². The summed E-state index contributed by atoms with van der Waals surface area (Å²) in [7, 11) is 1.57. The van der Waals surface area contributed by atoms with Crippen molar-refractivity contribution in [2.75, 3.05) is 13.1 Å². The average Bonchev–Trinajstić information content (AvgIpc) is 2.62. The van der Waals surface area contributed by atoms with Crippen LogP contribution in [0.1, 0.15) is 19.3 Å². The number of carbonyl (C=O) groups excluding carboxylic acids is 1. The lowest BCUT2D eigenvalue weighted by Crippen LogP contribution is -2.39. The fourth-order valence-electron chi connectivity index (χ4n) is 1.92. The summed E-state index contributed by atoms with van der Waals surface area (Å²) in [5.74, 6) is 0.00907. The van der Waals surface area contributed by atoms with Crippen LogP contribution in [0.2, 0.25) is 0 Å². The van der Waals surface area contributed by atoms with E-state index in [-0.39, 0.29) is 18.1 Å². The number of hydrogen-bond donors (Lipinski definition) is 0.